The normalized spacial score (nSPS) is 16.7. The van der Waals surface area contributed by atoms with Crippen molar-refractivity contribution in [2.75, 3.05) is 21.3 Å². The minimum atomic E-state index is -0.408. The van der Waals surface area contributed by atoms with Gasteiger partial charge in [-0.05, 0) is 47.2 Å². The van der Waals surface area contributed by atoms with Crippen LogP contribution in [0.15, 0.2) is 72.8 Å². The first-order valence-corrected chi connectivity index (χ1v) is 10.8. The molecule has 1 aliphatic rings. The SMILES string of the molecule is COC(=O)[C@H](Cc1ccccc1)N1Cc2cc(OC)c(OC)cc2CC1c1ccccc1. The summed E-state index contributed by atoms with van der Waals surface area (Å²) in [4.78, 5) is 15.3. The van der Waals surface area contributed by atoms with E-state index in [0.717, 1.165) is 23.3 Å². The van der Waals surface area contributed by atoms with Crippen LogP contribution in [0, 0.1) is 0 Å². The lowest BCUT2D eigenvalue weighted by molar-refractivity contribution is -0.148. The first-order chi connectivity index (χ1) is 15.6. The standard InChI is InChI=1S/C27H29NO4/c1-30-25-16-21-15-23(20-12-8-5-9-13-20)28(18-22(21)17-26(25)31-2)24(27(29)32-3)14-19-10-6-4-7-11-19/h4-13,16-17,23-24H,14-15,18H2,1-3H3/t23?,24-/m0/s1. The van der Waals surface area contributed by atoms with Crippen LogP contribution in [0.1, 0.15) is 28.3 Å². The van der Waals surface area contributed by atoms with Crippen LogP contribution in [0.4, 0.5) is 0 Å². The van der Waals surface area contributed by atoms with E-state index in [4.69, 9.17) is 14.2 Å². The highest BCUT2D eigenvalue weighted by molar-refractivity contribution is 5.76. The zero-order valence-corrected chi connectivity index (χ0v) is 18.8. The molecule has 0 bridgehead atoms. The number of carbonyl (C=O) groups is 1. The maximum atomic E-state index is 13.0. The molecule has 32 heavy (non-hydrogen) atoms. The lowest BCUT2D eigenvalue weighted by atomic mass is 9.87. The van der Waals surface area contributed by atoms with E-state index >= 15 is 0 Å². The van der Waals surface area contributed by atoms with Crippen LogP contribution < -0.4 is 9.47 Å². The minimum Gasteiger partial charge on any atom is -0.493 e. The summed E-state index contributed by atoms with van der Waals surface area (Å²) >= 11 is 0. The van der Waals surface area contributed by atoms with E-state index in [9.17, 15) is 4.79 Å². The lowest BCUT2D eigenvalue weighted by Gasteiger charge is -2.41. The molecule has 0 saturated carbocycles. The van der Waals surface area contributed by atoms with Gasteiger partial charge >= 0.3 is 5.97 Å². The van der Waals surface area contributed by atoms with Crippen molar-refractivity contribution in [2.24, 2.45) is 0 Å². The Labute approximate surface area is 189 Å². The summed E-state index contributed by atoms with van der Waals surface area (Å²) in [6.45, 7) is 0.613. The number of hydrogen-bond acceptors (Lipinski definition) is 5. The summed E-state index contributed by atoms with van der Waals surface area (Å²) in [5.41, 5.74) is 4.62. The number of ether oxygens (including phenoxy) is 3. The molecular weight excluding hydrogens is 402 g/mol. The monoisotopic (exact) mass is 431 g/mol. The molecular formula is C27H29NO4. The van der Waals surface area contributed by atoms with Gasteiger partial charge in [-0.1, -0.05) is 60.7 Å². The van der Waals surface area contributed by atoms with Crippen LogP contribution in [0.25, 0.3) is 0 Å². The summed E-state index contributed by atoms with van der Waals surface area (Å²) in [7, 11) is 4.76. The number of carbonyl (C=O) groups excluding carboxylic acids is 1. The average Bonchev–Trinajstić information content (AvgIpc) is 2.86. The average molecular weight is 432 g/mol. The van der Waals surface area contributed by atoms with Gasteiger partial charge in [-0.2, -0.15) is 0 Å². The molecule has 0 aromatic heterocycles. The van der Waals surface area contributed by atoms with E-state index in [1.165, 1.54) is 18.2 Å². The van der Waals surface area contributed by atoms with Gasteiger partial charge in [0.1, 0.15) is 6.04 Å². The molecule has 0 aliphatic carbocycles. The molecule has 0 spiro atoms. The Morgan fingerprint density at radius 3 is 2.09 bits per heavy atom. The molecule has 0 N–H and O–H groups in total. The predicted octanol–water partition coefficient (Wildman–Crippen LogP) is 4.59. The van der Waals surface area contributed by atoms with Crippen LogP contribution in [-0.2, 0) is 28.9 Å². The fourth-order valence-electron chi connectivity index (χ4n) is 4.55. The Hall–Kier alpha value is -3.31. The van der Waals surface area contributed by atoms with E-state index in [1.807, 2.05) is 42.5 Å². The van der Waals surface area contributed by atoms with Gasteiger partial charge in [0.15, 0.2) is 11.5 Å². The van der Waals surface area contributed by atoms with Crippen molar-refractivity contribution in [3.8, 4) is 11.5 Å². The van der Waals surface area contributed by atoms with Gasteiger partial charge in [0.2, 0.25) is 0 Å². The topological polar surface area (TPSA) is 48.0 Å². The first kappa shape index (κ1) is 21.9. The molecule has 5 heteroatoms. The van der Waals surface area contributed by atoms with E-state index in [0.29, 0.717) is 18.7 Å². The van der Waals surface area contributed by atoms with Crippen molar-refractivity contribution in [2.45, 2.75) is 31.5 Å². The fraction of sp³-hybridized carbons (Fsp3) is 0.296. The molecule has 1 aliphatic heterocycles. The maximum Gasteiger partial charge on any atom is 0.323 e. The second kappa shape index (κ2) is 9.88. The Morgan fingerprint density at radius 1 is 0.906 bits per heavy atom. The molecule has 5 nitrogen and oxygen atoms in total. The molecule has 3 aromatic carbocycles. The van der Waals surface area contributed by atoms with Gasteiger partial charge in [-0.3, -0.25) is 9.69 Å². The molecule has 1 heterocycles. The third-order valence-corrected chi connectivity index (χ3v) is 6.20. The quantitative estimate of drug-likeness (QED) is 0.512. The largest absolute Gasteiger partial charge is 0.493 e. The Kier molecular flexibility index (Phi) is 6.76. The highest BCUT2D eigenvalue weighted by atomic mass is 16.5. The molecule has 0 saturated heterocycles. The fourth-order valence-corrected chi connectivity index (χ4v) is 4.55. The number of esters is 1. The second-order valence-electron chi connectivity index (χ2n) is 8.01. The molecule has 0 fully saturated rings. The van der Waals surface area contributed by atoms with Crippen molar-refractivity contribution in [3.63, 3.8) is 0 Å². The number of fused-ring (bicyclic) bond motifs is 1. The maximum absolute atomic E-state index is 13.0. The van der Waals surface area contributed by atoms with E-state index in [1.54, 1.807) is 14.2 Å². The molecule has 4 rings (SSSR count). The number of hydrogen-bond donors (Lipinski definition) is 0. The summed E-state index contributed by atoms with van der Waals surface area (Å²) in [5, 5.41) is 0. The van der Waals surface area contributed by atoms with Gasteiger partial charge < -0.3 is 14.2 Å². The molecule has 0 amide bonds. The molecule has 3 aromatic rings. The lowest BCUT2D eigenvalue weighted by Crippen LogP contribution is -2.47. The highest BCUT2D eigenvalue weighted by Crippen LogP contribution is 2.40. The predicted molar refractivity (Wildman–Crippen MR) is 124 cm³/mol. The van der Waals surface area contributed by atoms with Crippen molar-refractivity contribution in [1.82, 2.24) is 4.90 Å². The third kappa shape index (κ3) is 4.48. The Bertz CT molecular complexity index is 1050. The zero-order valence-electron chi connectivity index (χ0n) is 18.8. The number of benzene rings is 3. The Balaban J connectivity index is 1.78. The van der Waals surface area contributed by atoms with Gasteiger partial charge in [0.05, 0.1) is 21.3 Å². The third-order valence-electron chi connectivity index (χ3n) is 6.20. The van der Waals surface area contributed by atoms with Crippen molar-refractivity contribution in [3.05, 3.63) is 95.1 Å². The summed E-state index contributed by atoms with van der Waals surface area (Å²) in [6, 6.07) is 24.2. The van der Waals surface area contributed by atoms with Crippen molar-refractivity contribution in [1.29, 1.82) is 0 Å². The smallest absolute Gasteiger partial charge is 0.323 e. The van der Waals surface area contributed by atoms with Crippen LogP contribution in [-0.4, -0.2) is 38.2 Å². The van der Waals surface area contributed by atoms with Crippen LogP contribution in [0.5, 0.6) is 11.5 Å². The molecule has 2 atom stereocenters. The molecule has 0 radical (unpaired) electrons. The summed E-state index contributed by atoms with van der Waals surface area (Å²) < 4.78 is 16.3. The van der Waals surface area contributed by atoms with Gasteiger partial charge in [0.25, 0.3) is 0 Å². The minimum absolute atomic E-state index is 0.0367. The van der Waals surface area contributed by atoms with Crippen molar-refractivity contribution < 1.29 is 19.0 Å². The van der Waals surface area contributed by atoms with Crippen LogP contribution in [0.2, 0.25) is 0 Å². The highest BCUT2D eigenvalue weighted by Gasteiger charge is 2.37. The molecule has 166 valence electrons. The molecule has 1 unspecified atom stereocenters. The first-order valence-electron chi connectivity index (χ1n) is 10.8. The second-order valence-corrected chi connectivity index (χ2v) is 8.01. The number of methoxy groups -OCH3 is 3. The number of nitrogens with zero attached hydrogens (tertiary/aromatic N) is 1. The number of rotatable bonds is 7. The van der Waals surface area contributed by atoms with Gasteiger partial charge in [0, 0.05) is 12.6 Å². The summed E-state index contributed by atoms with van der Waals surface area (Å²) in [6.07, 6.45) is 1.35. The summed E-state index contributed by atoms with van der Waals surface area (Å²) in [5.74, 6) is 1.20. The zero-order chi connectivity index (χ0) is 22.5. The van der Waals surface area contributed by atoms with E-state index < -0.39 is 6.04 Å². The Morgan fingerprint density at radius 2 is 1.50 bits per heavy atom. The van der Waals surface area contributed by atoms with E-state index in [-0.39, 0.29) is 12.0 Å². The van der Waals surface area contributed by atoms with Crippen LogP contribution in [0.3, 0.4) is 0 Å². The van der Waals surface area contributed by atoms with Crippen LogP contribution >= 0.6 is 0 Å². The van der Waals surface area contributed by atoms with Gasteiger partial charge in [-0.15, -0.1) is 0 Å². The van der Waals surface area contributed by atoms with Crippen molar-refractivity contribution >= 4 is 5.97 Å². The van der Waals surface area contributed by atoms with Gasteiger partial charge in [-0.25, -0.2) is 0 Å². The van der Waals surface area contributed by atoms with E-state index in [2.05, 4.69) is 35.2 Å².